The monoisotopic (exact) mass is 547 g/mol. The van der Waals surface area contributed by atoms with Crippen LogP contribution in [-0.4, -0.2) is 31.4 Å². The Morgan fingerprint density at radius 2 is 1.67 bits per heavy atom. The third kappa shape index (κ3) is 5.48. The molecule has 2 aromatic heterocycles. The second kappa shape index (κ2) is 11.2. The second-order valence-electron chi connectivity index (χ2n) is 9.08. The van der Waals surface area contributed by atoms with Crippen LogP contribution in [0.3, 0.4) is 0 Å². The van der Waals surface area contributed by atoms with Crippen molar-refractivity contribution in [2.24, 2.45) is 0 Å². The number of thiazole rings is 1. The molecule has 6 rings (SSSR count). The van der Waals surface area contributed by atoms with E-state index in [2.05, 4.69) is 76.0 Å². The molecule has 0 aliphatic rings. The number of aromatic nitrogens is 4. The van der Waals surface area contributed by atoms with Crippen LogP contribution in [0.25, 0.3) is 27.8 Å². The third-order valence-corrected chi connectivity index (χ3v) is 8.24. The lowest BCUT2D eigenvalue weighted by Crippen LogP contribution is -2.14. The van der Waals surface area contributed by atoms with E-state index in [4.69, 9.17) is 0 Å². The second-order valence-corrected chi connectivity index (χ2v) is 11.1. The first-order valence-electron chi connectivity index (χ1n) is 12.6. The highest BCUT2D eigenvalue weighted by atomic mass is 32.2. The minimum absolute atomic E-state index is 0.133. The lowest BCUT2D eigenvalue weighted by molar-refractivity contribution is -0.113. The highest BCUT2D eigenvalue weighted by Gasteiger charge is 2.19. The fraction of sp³-hybridized carbons (Fsp3) is 0.0968. The van der Waals surface area contributed by atoms with E-state index in [1.165, 1.54) is 39.4 Å². The standard InChI is InChI=1S/C31H25N5OS2/c1-21-10-5-8-17-27(21)36-29(23-12-3-2-4-13-23)34-35-31(36)38-20-28(37)33-30-32-19-25(39-30)18-24-15-9-14-22-11-6-7-16-26(22)24/h2-17,19H,18,20H2,1H3,(H,32,33,37). The number of amides is 1. The number of nitrogens with one attached hydrogen (secondary N) is 1. The number of hydrogen-bond acceptors (Lipinski definition) is 6. The van der Waals surface area contributed by atoms with Gasteiger partial charge in [-0.05, 0) is 34.9 Å². The summed E-state index contributed by atoms with van der Waals surface area (Å²) in [5.74, 6) is 0.800. The molecule has 1 N–H and O–H groups in total. The summed E-state index contributed by atoms with van der Waals surface area (Å²) in [7, 11) is 0. The zero-order chi connectivity index (χ0) is 26.6. The molecule has 0 spiro atoms. The van der Waals surface area contributed by atoms with E-state index in [0.717, 1.165) is 33.9 Å². The van der Waals surface area contributed by atoms with Crippen molar-refractivity contribution in [3.8, 4) is 17.1 Å². The fourth-order valence-electron chi connectivity index (χ4n) is 4.54. The van der Waals surface area contributed by atoms with Crippen molar-refractivity contribution >= 4 is 44.9 Å². The summed E-state index contributed by atoms with van der Waals surface area (Å²) >= 11 is 2.86. The molecule has 6 aromatic rings. The van der Waals surface area contributed by atoms with Gasteiger partial charge in [0.2, 0.25) is 5.91 Å². The van der Waals surface area contributed by atoms with Crippen LogP contribution in [0.15, 0.2) is 108 Å². The molecule has 0 aliphatic carbocycles. The minimum atomic E-state index is -0.133. The average molecular weight is 548 g/mol. The van der Waals surface area contributed by atoms with E-state index in [-0.39, 0.29) is 11.7 Å². The Balaban J connectivity index is 1.16. The van der Waals surface area contributed by atoms with Crippen LogP contribution in [0.1, 0.15) is 16.0 Å². The number of rotatable bonds is 8. The van der Waals surface area contributed by atoms with Gasteiger partial charge in [0.25, 0.3) is 0 Å². The van der Waals surface area contributed by atoms with E-state index < -0.39 is 0 Å². The molecule has 0 atom stereocenters. The molecule has 8 heteroatoms. The van der Waals surface area contributed by atoms with Crippen LogP contribution >= 0.6 is 23.1 Å². The first kappa shape index (κ1) is 25.0. The SMILES string of the molecule is Cc1ccccc1-n1c(SCC(=O)Nc2ncc(Cc3cccc4ccccc34)s2)nnc1-c1ccccc1. The topological polar surface area (TPSA) is 72.7 Å². The first-order valence-corrected chi connectivity index (χ1v) is 14.4. The molecule has 4 aromatic carbocycles. The van der Waals surface area contributed by atoms with Gasteiger partial charge in [-0.3, -0.25) is 9.36 Å². The van der Waals surface area contributed by atoms with Gasteiger partial charge in [0.15, 0.2) is 16.1 Å². The van der Waals surface area contributed by atoms with Gasteiger partial charge in [0, 0.05) is 23.1 Å². The van der Waals surface area contributed by atoms with Crippen LogP contribution in [-0.2, 0) is 11.2 Å². The molecule has 0 fully saturated rings. The van der Waals surface area contributed by atoms with Gasteiger partial charge in [-0.1, -0.05) is 103 Å². The molecule has 1 amide bonds. The predicted molar refractivity (Wildman–Crippen MR) is 160 cm³/mol. The maximum Gasteiger partial charge on any atom is 0.236 e. The number of hydrogen-bond donors (Lipinski definition) is 1. The van der Waals surface area contributed by atoms with Crippen molar-refractivity contribution in [3.05, 3.63) is 119 Å². The Labute approximate surface area is 234 Å². The lowest BCUT2D eigenvalue weighted by Gasteiger charge is -2.12. The van der Waals surface area contributed by atoms with Crippen LogP contribution < -0.4 is 5.32 Å². The molecule has 0 aliphatic heterocycles. The van der Waals surface area contributed by atoms with E-state index in [1.54, 1.807) is 0 Å². The number of nitrogens with zero attached hydrogens (tertiary/aromatic N) is 4. The smallest absolute Gasteiger partial charge is 0.236 e. The first-order chi connectivity index (χ1) is 19.2. The van der Waals surface area contributed by atoms with E-state index in [9.17, 15) is 4.79 Å². The van der Waals surface area contributed by atoms with Crippen molar-refractivity contribution in [2.45, 2.75) is 18.5 Å². The summed E-state index contributed by atoms with van der Waals surface area (Å²) in [6, 6.07) is 32.8. The minimum Gasteiger partial charge on any atom is -0.301 e. The Morgan fingerprint density at radius 3 is 2.54 bits per heavy atom. The average Bonchev–Trinajstić information content (AvgIpc) is 3.59. The molecule has 0 unspecified atom stereocenters. The number of fused-ring (bicyclic) bond motifs is 1. The van der Waals surface area contributed by atoms with Crippen LogP contribution in [0.4, 0.5) is 5.13 Å². The maximum absolute atomic E-state index is 12.9. The van der Waals surface area contributed by atoms with Crippen molar-refractivity contribution in [3.63, 3.8) is 0 Å². The van der Waals surface area contributed by atoms with Gasteiger partial charge in [-0.25, -0.2) is 4.98 Å². The number of para-hydroxylation sites is 1. The fourth-order valence-corrected chi connectivity index (χ4v) is 6.13. The molecule has 2 heterocycles. The summed E-state index contributed by atoms with van der Waals surface area (Å²) < 4.78 is 2.02. The van der Waals surface area contributed by atoms with Crippen molar-refractivity contribution in [1.29, 1.82) is 0 Å². The third-order valence-electron chi connectivity index (χ3n) is 6.40. The van der Waals surface area contributed by atoms with Gasteiger partial charge in [0.1, 0.15) is 0 Å². The molecule has 192 valence electrons. The predicted octanol–water partition coefficient (Wildman–Crippen LogP) is 7.17. The summed E-state index contributed by atoms with van der Waals surface area (Å²) in [5, 5.41) is 15.6. The number of thioether (sulfide) groups is 1. The summed E-state index contributed by atoms with van der Waals surface area (Å²) in [6.07, 6.45) is 2.61. The highest BCUT2D eigenvalue weighted by molar-refractivity contribution is 7.99. The van der Waals surface area contributed by atoms with Crippen molar-refractivity contribution in [2.75, 3.05) is 11.1 Å². The Bertz CT molecular complexity index is 1750. The zero-order valence-corrected chi connectivity index (χ0v) is 22.9. The van der Waals surface area contributed by atoms with Crippen LogP contribution in [0.5, 0.6) is 0 Å². The molecule has 39 heavy (non-hydrogen) atoms. The van der Waals surface area contributed by atoms with Gasteiger partial charge in [0.05, 0.1) is 11.4 Å². The number of aryl methyl sites for hydroxylation is 1. The van der Waals surface area contributed by atoms with Crippen molar-refractivity contribution in [1.82, 2.24) is 19.7 Å². The van der Waals surface area contributed by atoms with E-state index >= 15 is 0 Å². The van der Waals surface area contributed by atoms with Gasteiger partial charge in [-0.2, -0.15) is 0 Å². The molecular weight excluding hydrogens is 523 g/mol. The number of benzene rings is 4. The van der Waals surface area contributed by atoms with Crippen molar-refractivity contribution < 1.29 is 4.79 Å². The lowest BCUT2D eigenvalue weighted by atomic mass is 10.0. The molecule has 6 nitrogen and oxygen atoms in total. The Morgan fingerprint density at radius 1 is 0.897 bits per heavy atom. The molecule has 0 saturated carbocycles. The molecular formula is C31H25N5OS2. The van der Waals surface area contributed by atoms with E-state index in [0.29, 0.717) is 10.3 Å². The van der Waals surface area contributed by atoms with E-state index in [1.807, 2.05) is 59.3 Å². The van der Waals surface area contributed by atoms with Crippen LogP contribution in [0, 0.1) is 6.92 Å². The van der Waals surface area contributed by atoms with Gasteiger partial charge >= 0.3 is 0 Å². The molecule has 0 radical (unpaired) electrons. The van der Waals surface area contributed by atoms with Gasteiger partial charge in [-0.15, -0.1) is 21.5 Å². The summed E-state index contributed by atoms with van der Waals surface area (Å²) in [5.41, 5.74) is 4.30. The van der Waals surface area contributed by atoms with Gasteiger partial charge < -0.3 is 5.32 Å². The zero-order valence-electron chi connectivity index (χ0n) is 21.2. The number of carbonyl (C=O) groups is 1. The highest BCUT2D eigenvalue weighted by Crippen LogP contribution is 2.30. The maximum atomic E-state index is 12.9. The largest absolute Gasteiger partial charge is 0.301 e. The van der Waals surface area contributed by atoms with Crippen LogP contribution in [0.2, 0.25) is 0 Å². The quantitative estimate of drug-likeness (QED) is 0.205. The Kier molecular flexibility index (Phi) is 7.21. The summed E-state index contributed by atoms with van der Waals surface area (Å²) in [4.78, 5) is 18.4. The summed E-state index contributed by atoms with van der Waals surface area (Å²) in [6.45, 7) is 2.06. The molecule has 0 saturated heterocycles. The Hall–Kier alpha value is -4.27. The normalized spacial score (nSPS) is 11.1. The molecule has 0 bridgehead atoms. The number of carbonyl (C=O) groups excluding carboxylic acids is 1. The number of anilines is 1.